The summed E-state index contributed by atoms with van der Waals surface area (Å²) in [6.07, 6.45) is 4.47. The molecule has 0 aromatic carbocycles. The minimum absolute atomic E-state index is 0.509. The lowest BCUT2D eigenvalue weighted by Gasteiger charge is -2.16. The van der Waals surface area contributed by atoms with Crippen LogP contribution in [0.3, 0.4) is 0 Å². The summed E-state index contributed by atoms with van der Waals surface area (Å²) in [5.41, 5.74) is 1.91. The van der Waals surface area contributed by atoms with Crippen LogP contribution < -0.4 is 5.32 Å². The Balaban J connectivity index is 2.47. The molecule has 3 heteroatoms. The Kier molecular flexibility index (Phi) is 5.12. The number of hydrogen-bond donors (Lipinski definition) is 1. The van der Waals surface area contributed by atoms with Crippen LogP contribution in [-0.4, -0.2) is 11.5 Å². The molecule has 0 aliphatic carbocycles. The van der Waals surface area contributed by atoms with Gasteiger partial charge in [0, 0.05) is 17.1 Å². The topological polar surface area (TPSA) is 24.9 Å². The zero-order valence-corrected chi connectivity index (χ0v) is 10.1. The van der Waals surface area contributed by atoms with Gasteiger partial charge in [-0.05, 0) is 25.3 Å². The van der Waals surface area contributed by atoms with Gasteiger partial charge in [0.1, 0.15) is 0 Å². The molecule has 0 fully saturated rings. The van der Waals surface area contributed by atoms with Crippen molar-refractivity contribution in [2.75, 3.05) is 6.54 Å². The number of aromatic nitrogens is 1. The fraction of sp³-hybridized carbons (Fsp3) is 0.727. The highest BCUT2D eigenvalue weighted by Gasteiger charge is 2.11. The van der Waals surface area contributed by atoms with Crippen LogP contribution in [0.4, 0.5) is 0 Å². The number of nitrogens with one attached hydrogen (secondary N) is 1. The van der Waals surface area contributed by atoms with Crippen LogP contribution in [0.25, 0.3) is 0 Å². The van der Waals surface area contributed by atoms with Crippen LogP contribution in [-0.2, 0) is 0 Å². The number of thiazole rings is 1. The summed E-state index contributed by atoms with van der Waals surface area (Å²) < 4.78 is 0. The Morgan fingerprint density at radius 2 is 2.21 bits per heavy atom. The van der Waals surface area contributed by atoms with Crippen LogP contribution in [0.1, 0.15) is 44.5 Å². The van der Waals surface area contributed by atoms with Gasteiger partial charge in [0.25, 0.3) is 0 Å². The zero-order valence-electron chi connectivity index (χ0n) is 9.29. The molecular formula is C11H20N2S. The minimum Gasteiger partial charge on any atom is -0.309 e. The molecule has 0 radical (unpaired) electrons. The second-order valence-corrected chi connectivity index (χ2v) is 4.90. The molecule has 0 amide bonds. The highest BCUT2D eigenvalue weighted by atomic mass is 32.1. The van der Waals surface area contributed by atoms with Crippen molar-refractivity contribution in [3.05, 3.63) is 16.6 Å². The molecule has 1 heterocycles. The van der Waals surface area contributed by atoms with Gasteiger partial charge in [-0.15, -0.1) is 11.3 Å². The first-order chi connectivity index (χ1) is 6.74. The lowest BCUT2D eigenvalue weighted by atomic mass is 10.0. The van der Waals surface area contributed by atoms with Gasteiger partial charge in [0.15, 0.2) is 0 Å². The van der Waals surface area contributed by atoms with Crippen molar-refractivity contribution in [3.63, 3.8) is 0 Å². The van der Waals surface area contributed by atoms with Crippen molar-refractivity contribution in [1.82, 2.24) is 10.3 Å². The zero-order chi connectivity index (χ0) is 10.4. The van der Waals surface area contributed by atoms with Crippen molar-refractivity contribution in [2.45, 2.75) is 39.7 Å². The van der Waals surface area contributed by atoms with Gasteiger partial charge >= 0.3 is 0 Å². The van der Waals surface area contributed by atoms with E-state index in [1.165, 1.54) is 17.7 Å². The summed E-state index contributed by atoms with van der Waals surface area (Å²) in [7, 11) is 0. The van der Waals surface area contributed by atoms with E-state index >= 15 is 0 Å². The molecule has 14 heavy (non-hydrogen) atoms. The monoisotopic (exact) mass is 212 g/mol. The lowest BCUT2D eigenvalue weighted by Crippen LogP contribution is -2.20. The summed E-state index contributed by atoms with van der Waals surface area (Å²) in [4.78, 5) is 5.50. The van der Waals surface area contributed by atoms with Gasteiger partial charge in [0.2, 0.25) is 0 Å². The third-order valence-corrected chi connectivity index (χ3v) is 3.17. The van der Waals surface area contributed by atoms with Crippen molar-refractivity contribution in [2.24, 2.45) is 5.92 Å². The predicted octanol–water partition coefficient (Wildman–Crippen LogP) is 3.23. The first kappa shape index (κ1) is 11.7. The fourth-order valence-electron chi connectivity index (χ4n) is 1.49. The maximum atomic E-state index is 4.13. The summed E-state index contributed by atoms with van der Waals surface area (Å²) in [6.45, 7) is 7.73. The second kappa shape index (κ2) is 6.14. The van der Waals surface area contributed by atoms with Crippen molar-refractivity contribution < 1.29 is 0 Å². The van der Waals surface area contributed by atoms with Crippen molar-refractivity contribution in [3.8, 4) is 0 Å². The smallest absolute Gasteiger partial charge is 0.0794 e. The van der Waals surface area contributed by atoms with Crippen molar-refractivity contribution in [1.29, 1.82) is 0 Å². The lowest BCUT2D eigenvalue weighted by molar-refractivity contribution is 0.453. The van der Waals surface area contributed by atoms with Gasteiger partial charge in [0.05, 0.1) is 5.51 Å². The quantitative estimate of drug-likeness (QED) is 0.783. The van der Waals surface area contributed by atoms with Crippen LogP contribution in [0.2, 0.25) is 0 Å². The van der Waals surface area contributed by atoms with E-state index in [1.54, 1.807) is 11.3 Å². The van der Waals surface area contributed by atoms with Crippen LogP contribution in [0.5, 0.6) is 0 Å². The maximum absolute atomic E-state index is 4.13. The Morgan fingerprint density at radius 1 is 1.43 bits per heavy atom. The van der Waals surface area contributed by atoms with Gasteiger partial charge in [-0.3, -0.25) is 4.98 Å². The van der Waals surface area contributed by atoms with E-state index in [1.807, 2.05) is 11.7 Å². The first-order valence-corrected chi connectivity index (χ1v) is 6.23. The van der Waals surface area contributed by atoms with Crippen molar-refractivity contribution >= 4 is 11.3 Å². The molecule has 0 aliphatic rings. The van der Waals surface area contributed by atoms with E-state index in [0.29, 0.717) is 6.04 Å². The van der Waals surface area contributed by atoms with Gasteiger partial charge in [-0.2, -0.15) is 0 Å². The summed E-state index contributed by atoms with van der Waals surface area (Å²) in [6, 6.07) is 0.509. The van der Waals surface area contributed by atoms with Crippen LogP contribution in [0.15, 0.2) is 11.7 Å². The second-order valence-electron chi connectivity index (χ2n) is 3.99. The Morgan fingerprint density at radius 3 is 2.71 bits per heavy atom. The first-order valence-electron chi connectivity index (χ1n) is 5.35. The van der Waals surface area contributed by atoms with E-state index in [9.17, 15) is 0 Å². The molecule has 0 spiro atoms. The third-order valence-electron chi connectivity index (χ3n) is 2.28. The third kappa shape index (κ3) is 3.76. The molecular weight excluding hydrogens is 192 g/mol. The number of rotatable bonds is 6. The van der Waals surface area contributed by atoms with Gasteiger partial charge < -0.3 is 5.32 Å². The highest BCUT2D eigenvalue weighted by Crippen LogP contribution is 2.23. The maximum Gasteiger partial charge on any atom is 0.0794 e. The number of hydrogen-bond acceptors (Lipinski definition) is 3. The van der Waals surface area contributed by atoms with Crippen LogP contribution >= 0.6 is 11.3 Å². The summed E-state index contributed by atoms with van der Waals surface area (Å²) in [5, 5.41) is 3.51. The molecule has 1 rings (SSSR count). The molecule has 0 bridgehead atoms. The Hall–Kier alpha value is -0.410. The predicted molar refractivity (Wildman–Crippen MR) is 62.6 cm³/mol. The summed E-state index contributed by atoms with van der Waals surface area (Å²) >= 11 is 1.75. The minimum atomic E-state index is 0.509. The van der Waals surface area contributed by atoms with Gasteiger partial charge in [-0.1, -0.05) is 20.8 Å². The standard InChI is InChI=1S/C11H20N2S/c1-4-13-10(6-5-9(2)3)11-7-12-8-14-11/h7-10,13H,4-6H2,1-3H3. The molecule has 0 aliphatic heterocycles. The van der Waals surface area contributed by atoms with Crippen LogP contribution in [0, 0.1) is 5.92 Å². The number of nitrogens with zero attached hydrogens (tertiary/aromatic N) is 1. The van der Waals surface area contributed by atoms with E-state index in [0.717, 1.165) is 12.5 Å². The van der Waals surface area contributed by atoms with Gasteiger partial charge in [-0.25, -0.2) is 0 Å². The summed E-state index contributed by atoms with van der Waals surface area (Å²) in [5.74, 6) is 0.782. The molecule has 1 aromatic rings. The fourth-order valence-corrected chi connectivity index (χ4v) is 2.22. The van der Waals surface area contributed by atoms with E-state index in [-0.39, 0.29) is 0 Å². The molecule has 1 N–H and O–H groups in total. The highest BCUT2D eigenvalue weighted by molar-refractivity contribution is 7.09. The van der Waals surface area contributed by atoms with E-state index < -0.39 is 0 Å². The molecule has 1 aromatic heterocycles. The largest absolute Gasteiger partial charge is 0.309 e. The van der Waals surface area contributed by atoms with E-state index in [2.05, 4.69) is 31.1 Å². The normalized spacial score (nSPS) is 13.4. The molecule has 2 nitrogen and oxygen atoms in total. The molecule has 80 valence electrons. The molecule has 0 saturated heterocycles. The Labute approximate surface area is 90.8 Å². The average Bonchev–Trinajstić information content (AvgIpc) is 2.64. The average molecular weight is 212 g/mol. The molecule has 1 unspecified atom stereocenters. The molecule has 0 saturated carbocycles. The SMILES string of the molecule is CCNC(CCC(C)C)c1cncs1. The van der Waals surface area contributed by atoms with E-state index in [4.69, 9.17) is 0 Å². The Bertz CT molecular complexity index is 231. The molecule has 1 atom stereocenters.